The van der Waals surface area contributed by atoms with E-state index >= 15 is 0 Å². The molecule has 1 aliphatic carbocycles. The van der Waals surface area contributed by atoms with Crippen LogP contribution in [0.2, 0.25) is 0 Å². The van der Waals surface area contributed by atoms with E-state index in [4.69, 9.17) is 5.73 Å². The van der Waals surface area contributed by atoms with E-state index in [1.807, 2.05) is 18.3 Å². The van der Waals surface area contributed by atoms with Crippen LogP contribution in [0.3, 0.4) is 0 Å². The van der Waals surface area contributed by atoms with Gasteiger partial charge < -0.3 is 5.73 Å². The fraction of sp³-hybridized carbons (Fsp3) is 0.429. The lowest BCUT2D eigenvalue weighted by Crippen LogP contribution is -2.13. The van der Waals surface area contributed by atoms with E-state index in [-0.39, 0.29) is 0 Å². The first-order valence-electron chi connectivity index (χ1n) is 6.59. The minimum Gasteiger partial charge on any atom is -0.396 e. The summed E-state index contributed by atoms with van der Waals surface area (Å²) in [6.07, 6.45) is 11.9. The van der Waals surface area contributed by atoms with Crippen LogP contribution in [0.1, 0.15) is 38.1 Å². The lowest BCUT2D eigenvalue weighted by molar-refractivity contribution is 0.330. The second-order valence-electron chi connectivity index (χ2n) is 4.94. The van der Waals surface area contributed by atoms with Gasteiger partial charge in [0.15, 0.2) is 0 Å². The number of hydrogen-bond acceptors (Lipinski definition) is 3. The molecule has 4 heteroatoms. The Morgan fingerprint density at radius 3 is 2.56 bits per heavy atom. The van der Waals surface area contributed by atoms with Crippen molar-refractivity contribution >= 4 is 5.69 Å². The number of anilines is 1. The van der Waals surface area contributed by atoms with Crippen molar-refractivity contribution in [3.8, 4) is 11.3 Å². The van der Waals surface area contributed by atoms with E-state index in [1.165, 1.54) is 32.1 Å². The van der Waals surface area contributed by atoms with Crippen molar-refractivity contribution in [3.63, 3.8) is 0 Å². The molecule has 4 nitrogen and oxygen atoms in total. The summed E-state index contributed by atoms with van der Waals surface area (Å²) in [5.74, 6) is 0. The van der Waals surface area contributed by atoms with Gasteiger partial charge in [-0.2, -0.15) is 5.10 Å². The van der Waals surface area contributed by atoms with Gasteiger partial charge >= 0.3 is 0 Å². The van der Waals surface area contributed by atoms with Crippen LogP contribution in [0.5, 0.6) is 0 Å². The standard InChI is InChI=1S/C14H18N4/c15-13-10-18(12-4-2-1-3-5-12)17-14(13)11-6-8-16-9-7-11/h6-10,12H,1-5,15H2. The van der Waals surface area contributed by atoms with Crippen LogP contribution >= 0.6 is 0 Å². The molecule has 2 aromatic heterocycles. The molecule has 1 aliphatic rings. The zero-order valence-electron chi connectivity index (χ0n) is 10.4. The zero-order chi connectivity index (χ0) is 12.4. The van der Waals surface area contributed by atoms with Crippen LogP contribution in [-0.2, 0) is 0 Å². The lowest BCUT2D eigenvalue weighted by atomic mass is 9.96. The van der Waals surface area contributed by atoms with Crippen molar-refractivity contribution in [2.75, 3.05) is 5.73 Å². The van der Waals surface area contributed by atoms with Crippen molar-refractivity contribution in [3.05, 3.63) is 30.7 Å². The fourth-order valence-electron chi connectivity index (χ4n) is 2.67. The second-order valence-corrected chi connectivity index (χ2v) is 4.94. The summed E-state index contributed by atoms with van der Waals surface area (Å²) in [5.41, 5.74) is 8.75. The highest BCUT2D eigenvalue weighted by atomic mass is 15.3. The summed E-state index contributed by atoms with van der Waals surface area (Å²) in [5, 5.41) is 4.67. The van der Waals surface area contributed by atoms with Gasteiger partial charge in [0.25, 0.3) is 0 Å². The predicted octanol–water partition coefficient (Wildman–Crippen LogP) is 3.03. The molecule has 1 fully saturated rings. The highest BCUT2D eigenvalue weighted by molar-refractivity contribution is 5.71. The van der Waals surface area contributed by atoms with Crippen LogP contribution in [-0.4, -0.2) is 14.8 Å². The summed E-state index contributed by atoms with van der Waals surface area (Å²) in [6, 6.07) is 4.42. The highest BCUT2D eigenvalue weighted by Crippen LogP contribution is 2.31. The van der Waals surface area contributed by atoms with E-state index in [2.05, 4.69) is 14.8 Å². The highest BCUT2D eigenvalue weighted by Gasteiger charge is 2.18. The SMILES string of the molecule is Nc1cn(C2CCCCC2)nc1-c1ccncc1. The third kappa shape index (κ3) is 2.10. The number of pyridine rings is 1. The third-order valence-corrected chi connectivity index (χ3v) is 3.66. The van der Waals surface area contributed by atoms with Gasteiger partial charge in [-0.15, -0.1) is 0 Å². The lowest BCUT2D eigenvalue weighted by Gasteiger charge is -2.21. The maximum absolute atomic E-state index is 6.08. The molecule has 3 rings (SSSR count). The molecule has 0 atom stereocenters. The number of nitrogens with two attached hydrogens (primary N) is 1. The van der Waals surface area contributed by atoms with Crippen molar-refractivity contribution in [2.45, 2.75) is 38.1 Å². The number of hydrogen-bond donors (Lipinski definition) is 1. The Balaban J connectivity index is 1.91. The molecule has 0 saturated heterocycles. The molecule has 94 valence electrons. The summed E-state index contributed by atoms with van der Waals surface area (Å²) < 4.78 is 2.06. The van der Waals surface area contributed by atoms with Crippen molar-refractivity contribution in [1.29, 1.82) is 0 Å². The van der Waals surface area contributed by atoms with Gasteiger partial charge in [0.05, 0.1) is 11.7 Å². The van der Waals surface area contributed by atoms with Crippen LogP contribution in [0.25, 0.3) is 11.3 Å². The predicted molar refractivity (Wildman–Crippen MR) is 72.0 cm³/mol. The Hall–Kier alpha value is -1.84. The third-order valence-electron chi connectivity index (χ3n) is 3.66. The van der Waals surface area contributed by atoms with E-state index in [0.29, 0.717) is 6.04 Å². The minimum absolute atomic E-state index is 0.525. The number of rotatable bonds is 2. The van der Waals surface area contributed by atoms with Gasteiger partial charge in [-0.05, 0) is 25.0 Å². The van der Waals surface area contributed by atoms with Crippen molar-refractivity contribution in [1.82, 2.24) is 14.8 Å². The second kappa shape index (κ2) is 4.80. The Morgan fingerprint density at radius 2 is 1.83 bits per heavy atom. The van der Waals surface area contributed by atoms with E-state index < -0.39 is 0 Å². The van der Waals surface area contributed by atoms with Crippen LogP contribution in [0.15, 0.2) is 30.7 Å². The average molecular weight is 242 g/mol. The van der Waals surface area contributed by atoms with Crippen molar-refractivity contribution in [2.24, 2.45) is 0 Å². The molecule has 0 bridgehead atoms. The first-order valence-corrected chi connectivity index (χ1v) is 6.59. The van der Waals surface area contributed by atoms with E-state index in [9.17, 15) is 0 Å². The molecule has 0 aliphatic heterocycles. The quantitative estimate of drug-likeness (QED) is 0.880. The molecule has 0 unspecified atom stereocenters. The molecule has 2 N–H and O–H groups in total. The average Bonchev–Trinajstić information content (AvgIpc) is 2.83. The molecular weight excluding hydrogens is 224 g/mol. The van der Waals surface area contributed by atoms with E-state index in [1.54, 1.807) is 12.4 Å². The number of aromatic nitrogens is 3. The maximum atomic E-state index is 6.08. The molecule has 0 amide bonds. The first-order chi connectivity index (χ1) is 8.84. The molecule has 2 aromatic rings. The molecule has 18 heavy (non-hydrogen) atoms. The minimum atomic E-state index is 0.525. The van der Waals surface area contributed by atoms with Crippen LogP contribution in [0.4, 0.5) is 5.69 Å². The van der Waals surface area contributed by atoms with Gasteiger partial charge in [0, 0.05) is 24.2 Å². The zero-order valence-corrected chi connectivity index (χ0v) is 10.4. The van der Waals surface area contributed by atoms with Gasteiger partial charge in [0.2, 0.25) is 0 Å². The normalized spacial score (nSPS) is 16.9. The maximum Gasteiger partial charge on any atom is 0.115 e. The fourth-order valence-corrected chi connectivity index (χ4v) is 2.67. The molecule has 0 radical (unpaired) electrons. The van der Waals surface area contributed by atoms with Crippen LogP contribution < -0.4 is 5.73 Å². The summed E-state index contributed by atoms with van der Waals surface area (Å²) in [7, 11) is 0. The summed E-state index contributed by atoms with van der Waals surface area (Å²) in [4.78, 5) is 4.02. The molecule has 2 heterocycles. The Bertz CT molecular complexity index is 512. The number of nitrogen functional groups attached to an aromatic ring is 1. The largest absolute Gasteiger partial charge is 0.396 e. The van der Waals surface area contributed by atoms with E-state index in [0.717, 1.165) is 16.9 Å². The molecule has 0 aromatic carbocycles. The van der Waals surface area contributed by atoms with Gasteiger partial charge in [-0.1, -0.05) is 19.3 Å². The monoisotopic (exact) mass is 242 g/mol. The summed E-state index contributed by atoms with van der Waals surface area (Å²) >= 11 is 0. The molecular formula is C14H18N4. The first kappa shape index (κ1) is 11.3. The molecule has 0 spiro atoms. The van der Waals surface area contributed by atoms with Gasteiger partial charge in [-0.3, -0.25) is 9.67 Å². The Labute approximate surface area is 107 Å². The Kier molecular flexibility index (Phi) is 3.00. The van der Waals surface area contributed by atoms with Gasteiger partial charge in [-0.25, -0.2) is 0 Å². The molecule has 1 saturated carbocycles. The summed E-state index contributed by atoms with van der Waals surface area (Å²) in [6.45, 7) is 0. The van der Waals surface area contributed by atoms with Gasteiger partial charge in [0.1, 0.15) is 5.69 Å². The smallest absolute Gasteiger partial charge is 0.115 e. The topological polar surface area (TPSA) is 56.7 Å². The van der Waals surface area contributed by atoms with Crippen LogP contribution in [0, 0.1) is 0 Å². The number of nitrogens with zero attached hydrogens (tertiary/aromatic N) is 3. The Morgan fingerprint density at radius 1 is 1.11 bits per heavy atom. The van der Waals surface area contributed by atoms with Crippen molar-refractivity contribution < 1.29 is 0 Å².